The number of hydrogen-bond acceptors (Lipinski definition) is 1. The summed E-state index contributed by atoms with van der Waals surface area (Å²) in [6.07, 6.45) is -4.62. The molecular formula is C8H6F3LiO2. The molecule has 0 fully saturated rings. The van der Waals surface area contributed by atoms with E-state index >= 15 is 0 Å². The van der Waals surface area contributed by atoms with E-state index in [-0.39, 0.29) is 18.9 Å². The van der Waals surface area contributed by atoms with Gasteiger partial charge in [0.05, 0.1) is 11.1 Å². The number of carboxylic acids is 1. The van der Waals surface area contributed by atoms with Crippen molar-refractivity contribution in [2.24, 2.45) is 0 Å². The molecule has 2 nitrogen and oxygen atoms in total. The van der Waals surface area contributed by atoms with Gasteiger partial charge in [-0.05, 0) is 12.1 Å². The number of halogens is 3. The Hall–Kier alpha value is -0.923. The van der Waals surface area contributed by atoms with Gasteiger partial charge in [0.15, 0.2) is 0 Å². The summed E-state index contributed by atoms with van der Waals surface area (Å²) in [7, 11) is 0. The molecule has 0 heterocycles. The standard InChI is InChI=1S/C8H5F3O2.Li.H/c9-8(10,11)6-4-2-1-3-5(6)7(12)13;;/h1-4H,(H,12,13);;. The molecule has 1 aromatic carbocycles. The van der Waals surface area contributed by atoms with Gasteiger partial charge in [0.1, 0.15) is 0 Å². The molecule has 0 aliphatic carbocycles. The van der Waals surface area contributed by atoms with Crippen molar-refractivity contribution < 1.29 is 23.1 Å². The van der Waals surface area contributed by atoms with Crippen molar-refractivity contribution in [2.45, 2.75) is 6.18 Å². The second-order valence-corrected chi connectivity index (χ2v) is 2.35. The Bertz CT molecular complexity index is 336. The molecular weight excluding hydrogens is 192 g/mol. The second kappa shape index (κ2) is 4.54. The van der Waals surface area contributed by atoms with Crippen LogP contribution in [0.5, 0.6) is 0 Å². The Morgan fingerprint density at radius 2 is 1.71 bits per heavy atom. The fourth-order valence-corrected chi connectivity index (χ4v) is 0.917. The van der Waals surface area contributed by atoms with E-state index in [0.29, 0.717) is 0 Å². The predicted octanol–water partition coefficient (Wildman–Crippen LogP) is 1.76. The van der Waals surface area contributed by atoms with Crippen molar-refractivity contribution in [1.29, 1.82) is 0 Å². The van der Waals surface area contributed by atoms with Crippen LogP contribution < -0.4 is 0 Å². The molecule has 0 amide bonds. The monoisotopic (exact) mass is 198 g/mol. The van der Waals surface area contributed by atoms with E-state index < -0.39 is 23.3 Å². The number of benzene rings is 1. The van der Waals surface area contributed by atoms with E-state index in [9.17, 15) is 18.0 Å². The minimum absolute atomic E-state index is 0. The zero-order valence-corrected chi connectivity index (χ0v) is 6.30. The molecule has 6 heteroatoms. The molecule has 0 radical (unpaired) electrons. The fraction of sp³-hybridized carbons (Fsp3) is 0.125. The molecule has 0 unspecified atom stereocenters. The van der Waals surface area contributed by atoms with Gasteiger partial charge in [-0.25, -0.2) is 4.79 Å². The Morgan fingerprint density at radius 1 is 1.21 bits per heavy atom. The zero-order chi connectivity index (χ0) is 10.1. The molecule has 0 aromatic heterocycles. The molecule has 0 spiro atoms. The van der Waals surface area contributed by atoms with Gasteiger partial charge < -0.3 is 5.11 Å². The topological polar surface area (TPSA) is 37.3 Å². The average molecular weight is 198 g/mol. The summed E-state index contributed by atoms with van der Waals surface area (Å²) in [5.74, 6) is -1.58. The van der Waals surface area contributed by atoms with E-state index in [0.717, 1.165) is 18.2 Å². The number of rotatable bonds is 1. The minimum atomic E-state index is -4.62. The van der Waals surface area contributed by atoms with E-state index in [2.05, 4.69) is 0 Å². The van der Waals surface area contributed by atoms with Crippen LogP contribution in [0.2, 0.25) is 0 Å². The summed E-state index contributed by atoms with van der Waals surface area (Å²) in [5, 5.41) is 8.43. The van der Waals surface area contributed by atoms with Crippen LogP contribution in [-0.4, -0.2) is 29.9 Å². The third kappa shape index (κ3) is 2.79. The van der Waals surface area contributed by atoms with Crippen molar-refractivity contribution in [3.05, 3.63) is 35.4 Å². The molecule has 72 valence electrons. The molecule has 0 atom stereocenters. The van der Waals surface area contributed by atoms with Crippen LogP contribution in [0, 0.1) is 0 Å². The molecule has 0 aliphatic rings. The Morgan fingerprint density at radius 3 is 2.07 bits per heavy atom. The third-order valence-electron chi connectivity index (χ3n) is 1.46. The summed E-state index contributed by atoms with van der Waals surface area (Å²) in [6, 6.07) is 4.06. The first kappa shape index (κ1) is 13.1. The predicted molar refractivity (Wildman–Crippen MR) is 45.6 cm³/mol. The number of alkyl halides is 3. The van der Waals surface area contributed by atoms with Crippen LogP contribution in [0.4, 0.5) is 13.2 Å². The van der Waals surface area contributed by atoms with Gasteiger partial charge in [-0.15, -0.1) is 0 Å². The third-order valence-corrected chi connectivity index (χ3v) is 1.46. The Kier molecular flexibility index (Phi) is 4.24. The van der Waals surface area contributed by atoms with Gasteiger partial charge >= 0.3 is 31.0 Å². The average Bonchev–Trinajstić information content (AvgIpc) is 2.03. The fourth-order valence-electron chi connectivity index (χ4n) is 0.917. The zero-order valence-electron chi connectivity index (χ0n) is 6.30. The molecule has 1 rings (SSSR count). The van der Waals surface area contributed by atoms with Crippen LogP contribution in [0.15, 0.2) is 24.3 Å². The molecule has 1 N–H and O–H groups in total. The van der Waals surface area contributed by atoms with Gasteiger partial charge in [-0.3, -0.25) is 0 Å². The number of carboxylic acid groups (broad SMARTS) is 1. The van der Waals surface area contributed by atoms with Crippen LogP contribution in [0.1, 0.15) is 15.9 Å². The summed E-state index contributed by atoms with van der Waals surface area (Å²) >= 11 is 0. The van der Waals surface area contributed by atoms with Crippen LogP contribution in [0.25, 0.3) is 0 Å². The number of hydrogen-bond donors (Lipinski definition) is 1. The van der Waals surface area contributed by atoms with E-state index in [1.165, 1.54) is 6.07 Å². The summed E-state index contributed by atoms with van der Waals surface area (Å²) in [5.41, 5.74) is -1.85. The van der Waals surface area contributed by atoms with Gasteiger partial charge in [0.2, 0.25) is 0 Å². The van der Waals surface area contributed by atoms with Crippen molar-refractivity contribution in [1.82, 2.24) is 0 Å². The molecule has 14 heavy (non-hydrogen) atoms. The molecule has 1 aromatic rings. The molecule has 0 saturated heterocycles. The van der Waals surface area contributed by atoms with Crippen LogP contribution in [0.3, 0.4) is 0 Å². The first-order chi connectivity index (χ1) is 5.93. The Labute approximate surface area is 89.9 Å². The second-order valence-electron chi connectivity index (χ2n) is 2.35. The first-order valence-corrected chi connectivity index (χ1v) is 3.32. The quantitative estimate of drug-likeness (QED) is 0.698. The van der Waals surface area contributed by atoms with Crippen LogP contribution in [-0.2, 0) is 6.18 Å². The normalized spacial score (nSPS) is 10.5. The maximum atomic E-state index is 12.1. The maximum absolute atomic E-state index is 12.1. The van der Waals surface area contributed by atoms with Gasteiger partial charge in [0, 0.05) is 0 Å². The van der Waals surface area contributed by atoms with Gasteiger partial charge in [-0.2, -0.15) is 13.2 Å². The molecule has 0 aliphatic heterocycles. The molecule has 0 bridgehead atoms. The Balaban J connectivity index is 0.00000169. The van der Waals surface area contributed by atoms with Crippen molar-refractivity contribution >= 4 is 24.8 Å². The number of aromatic carboxylic acids is 1. The van der Waals surface area contributed by atoms with Crippen LogP contribution >= 0.6 is 0 Å². The summed E-state index contributed by atoms with van der Waals surface area (Å²) in [4.78, 5) is 10.4. The van der Waals surface area contributed by atoms with Gasteiger partial charge in [0.25, 0.3) is 0 Å². The molecule has 0 saturated carbocycles. The summed E-state index contributed by atoms with van der Waals surface area (Å²) < 4.78 is 36.4. The van der Waals surface area contributed by atoms with Gasteiger partial charge in [-0.1, -0.05) is 12.1 Å². The number of carbonyl (C=O) groups is 1. The van der Waals surface area contributed by atoms with Crippen molar-refractivity contribution in [2.75, 3.05) is 0 Å². The van der Waals surface area contributed by atoms with E-state index in [4.69, 9.17) is 5.11 Å². The summed E-state index contributed by atoms with van der Waals surface area (Å²) in [6.45, 7) is 0. The van der Waals surface area contributed by atoms with Crippen molar-refractivity contribution in [3.8, 4) is 0 Å². The SMILES string of the molecule is O=C(O)c1ccccc1C(F)(F)F.[LiH]. The first-order valence-electron chi connectivity index (χ1n) is 3.32. The van der Waals surface area contributed by atoms with E-state index in [1.54, 1.807) is 0 Å². The van der Waals surface area contributed by atoms with Crippen molar-refractivity contribution in [3.63, 3.8) is 0 Å². The van der Waals surface area contributed by atoms with E-state index in [1.807, 2.05) is 0 Å².